The molecule has 1 amide bonds. The Morgan fingerprint density at radius 3 is 2.62 bits per heavy atom. The van der Waals surface area contributed by atoms with Crippen molar-refractivity contribution in [2.75, 3.05) is 5.32 Å². The quantitative estimate of drug-likeness (QED) is 0.598. The van der Waals surface area contributed by atoms with E-state index in [0.29, 0.717) is 15.2 Å². The maximum atomic E-state index is 12.2. The molecule has 0 aromatic heterocycles. The number of carbonyl (C=O) groups excluding carboxylic acids is 1. The summed E-state index contributed by atoms with van der Waals surface area (Å²) in [5.74, 6) is -0.624. The van der Waals surface area contributed by atoms with Crippen LogP contribution in [0.25, 0.3) is 0 Å². The average molecular weight is 390 g/mol. The van der Waals surface area contributed by atoms with Crippen molar-refractivity contribution in [3.05, 3.63) is 66.6 Å². The Kier molecular flexibility index (Phi) is 4.82. The second-order valence-corrected chi connectivity index (χ2v) is 5.61. The molecule has 5 nitrogen and oxygen atoms in total. The molecule has 0 atom stereocenters. The van der Waals surface area contributed by atoms with Crippen LogP contribution in [0.4, 0.5) is 11.4 Å². The molecule has 2 rings (SSSR count). The van der Waals surface area contributed by atoms with Crippen LogP contribution < -0.4 is 5.32 Å². The number of anilines is 1. The van der Waals surface area contributed by atoms with Crippen LogP contribution >= 0.6 is 39.1 Å². The topological polar surface area (TPSA) is 72.2 Å². The van der Waals surface area contributed by atoms with Gasteiger partial charge in [-0.25, -0.2) is 0 Å². The number of benzene rings is 2. The minimum Gasteiger partial charge on any atom is -0.321 e. The lowest BCUT2D eigenvalue weighted by Crippen LogP contribution is -2.14. The molecule has 0 saturated carbocycles. The summed E-state index contributed by atoms with van der Waals surface area (Å²) in [4.78, 5) is 22.5. The predicted octanol–water partition coefficient (Wildman–Crippen LogP) is 4.92. The molecule has 1 N–H and O–H groups in total. The first-order chi connectivity index (χ1) is 9.90. The van der Waals surface area contributed by atoms with Crippen molar-refractivity contribution in [1.82, 2.24) is 0 Å². The second kappa shape index (κ2) is 6.43. The second-order valence-electron chi connectivity index (χ2n) is 3.97. The fraction of sp³-hybridized carbons (Fsp3) is 0. The van der Waals surface area contributed by atoms with Gasteiger partial charge in [0.05, 0.1) is 20.1 Å². The molecule has 0 aliphatic carbocycles. The lowest BCUT2D eigenvalue weighted by molar-refractivity contribution is -0.385. The Morgan fingerprint density at radius 2 is 1.95 bits per heavy atom. The van der Waals surface area contributed by atoms with E-state index >= 15 is 0 Å². The van der Waals surface area contributed by atoms with Crippen molar-refractivity contribution in [2.45, 2.75) is 0 Å². The van der Waals surface area contributed by atoms with E-state index in [2.05, 4.69) is 21.2 Å². The van der Waals surface area contributed by atoms with Crippen molar-refractivity contribution >= 4 is 56.4 Å². The minimum atomic E-state index is -0.659. The molecule has 108 valence electrons. The highest BCUT2D eigenvalue weighted by atomic mass is 79.9. The summed E-state index contributed by atoms with van der Waals surface area (Å²) in [5.41, 5.74) is -0.0360. The van der Waals surface area contributed by atoms with Gasteiger partial charge in [0.2, 0.25) is 0 Å². The maximum absolute atomic E-state index is 12.2. The zero-order chi connectivity index (χ0) is 15.6. The summed E-state index contributed by atoms with van der Waals surface area (Å²) in [6, 6.07) is 8.76. The summed E-state index contributed by atoms with van der Waals surface area (Å²) in [6.07, 6.45) is 0. The first kappa shape index (κ1) is 15.8. The fourth-order valence-electron chi connectivity index (χ4n) is 1.64. The highest BCUT2D eigenvalue weighted by Crippen LogP contribution is 2.31. The van der Waals surface area contributed by atoms with Crippen LogP contribution in [-0.4, -0.2) is 10.8 Å². The molecule has 2 aromatic carbocycles. The zero-order valence-electron chi connectivity index (χ0n) is 10.3. The van der Waals surface area contributed by atoms with E-state index in [0.717, 1.165) is 6.07 Å². The molecule has 0 saturated heterocycles. The Hall–Kier alpha value is -1.63. The monoisotopic (exact) mass is 388 g/mol. The molecule has 0 radical (unpaired) electrons. The van der Waals surface area contributed by atoms with Crippen molar-refractivity contribution in [3.8, 4) is 0 Å². The SMILES string of the molecule is O=C(Nc1cccc(Cl)c1Br)c1ccc(Cl)cc1[N+](=O)[O-]. The van der Waals surface area contributed by atoms with Gasteiger partial charge in [-0.15, -0.1) is 0 Å². The van der Waals surface area contributed by atoms with Gasteiger partial charge in [-0.05, 0) is 40.2 Å². The standard InChI is InChI=1S/C13H7BrCl2N2O3/c14-12-9(16)2-1-3-10(12)17-13(19)8-5-4-7(15)6-11(8)18(20)21/h1-6H,(H,17,19). The van der Waals surface area contributed by atoms with E-state index < -0.39 is 10.8 Å². The normalized spacial score (nSPS) is 10.2. The molecular formula is C13H7BrCl2N2O3. The van der Waals surface area contributed by atoms with Crippen molar-refractivity contribution < 1.29 is 9.72 Å². The third kappa shape index (κ3) is 3.53. The summed E-state index contributed by atoms with van der Waals surface area (Å²) >= 11 is 14.9. The number of nitro groups is 1. The molecule has 21 heavy (non-hydrogen) atoms. The third-order valence-electron chi connectivity index (χ3n) is 2.60. The Bertz CT molecular complexity index is 737. The predicted molar refractivity (Wildman–Crippen MR) is 85.2 cm³/mol. The molecule has 0 bridgehead atoms. The number of nitrogens with one attached hydrogen (secondary N) is 1. The summed E-state index contributed by atoms with van der Waals surface area (Å²) in [7, 11) is 0. The van der Waals surface area contributed by atoms with Crippen molar-refractivity contribution in [1.29, 1.82) is 0 Å². The van der Waals surface area contributed by atoms with Crippen molar-refractivity contribution in [3.63, 3.8) is 0 Å². The molecule has 0 spiro atoms. The number of nitro benzene ring substituents is 1. The Labute approximate surface area is 138 Å². The van der Waals surface area contributed by atoms with Crippen LogP contribution in [0.5, 0.6) is 0 Å². The van der Waals surface area contributed by atoms with Gasteiger partial charge in [-0.2, -0.15) is 0 Å². The van der Waals surface area contributed by atoms with Gasteiger partial charge in [0.25, 0.3) is 11.6 Å². The van der Waals surface area contributed by atoms with E-state index in [-0.39, 0.29) is 16.3 Å². The van der Waals surface area contributed by atoms with Crippen molar-refractivity contribution in [2.24, 2.45) is 0 Å². The number of amides is 1. The van der Waals surface area contributed by atoms with Crippen LogP contribution in [0.2, 0.25) is 10.0 Å². The first-order valence-corrected chi connectivity index (χ1v) is 7.14. The summed E-state index contributed by atoms with van der Waals surface area (Å²) in [6.45, 7) is 0. The molecule has 0 fully saturated rings. The number of nitrogens with zero attached hydrogens (tertiary/aromatic N) is 1. The molecule has 0 heterocycles. The van der Waals surface area contributed by atoms with E-state index in [4.69, 9.17) is 23.2 Å². The number of hydrogen-bond acceptors (Lipinski definition) is 3. The number of halogens is 3. The maximum Gasteiger partial charge on any atom is 0.283 e. The molecule has 2 aromatic rings. The fourth-order valence-corrected chi connectivity index (χ4v) is 2.34. The first-order valence-electron chi connectivity index (χ1n) is 5.59. The summed E-state index contributed by atoms with van der Waals surface area (Å²) in [5, 5.41) is 14.2. The third-order valence-corrected chi connectivity index (χ3v) is 4.23. The van der Waals surface area contributed by atoms with E-state index in [1.54, 1.807) is 18.2 Å². The Morgan fingerprint density at radius 1 is 1.24 bits per heavy atom. The van der Waals surface area contributed by atoms with Gasteiger partial charge in [0.1, 0.15) is 5.56 Å². The minimum absolute atomic E-state index is 0.0868. The van der Waals surface area contributed by atoms with Gasteiger partial charge < -0.3 is 5.32 Å². The van der Waals surface area contributed by atoms with Gasteiger partial charge in [0, 0.05) is 11.1 Å². The zero-order valence-corrected chi connectivity index (χ0v) is 13.4. The number of hydrogen-bond donors (Lipinski definition) is 1. The number of carbonyl (C=O) groups is 1. The van der Waals surface area contributed by atoms with Gasteiger partial charge in [-0.3, -0.25) is 14.9 Å². The van der Waals surface area contributed by atoms with Gasteiger partial charge in [-0.1, -0.05) is 29.3 Å². The molecular weight excluding hydrogens is 383 g/mol. The van der Waals surface area contributed by atoms with Crippen LogP contribution in [0.15, 0.2) is 40.9 Å². The lowest BCUT2D eigenvalue weighted by atomic mass is 10.1. The highest BCUT2D eigenvalue weighted by Gasteiger charge is 2.21. The molecule has 0 unspecified atom stereocenters. The average Bonchev–Trinajstić information content (AvgIpc) is 2.43. The van der Waals surface area contributed by atoms with Crippen LogP contribution in [-0.2, 0) is 0 Å². The van der Waals surface area contributed by atoms with Crippen LogP contribution in [0, 0.1) is 10.1 Å². The Balaban J connectivity index is 2.37. The lowest BCUT2D eigenvalue weighted by Gasteiger charge is -2.09. The molecule has 0 aliphatic rings. The van der Waals surface area contributed by atoms with E-state index in [9.17, 15) is 14.9 Å². The highest BCUT2D eigenvalue weighted by molar-refractivity contribution is 9.10. The molecule has 0 aliphatic heterocycles. The van der Waals surface area contributed by atoms with Gasteiger partial charge in [0.15, 0.2) is 0 Å². The molecule has 8 heteroatoms. The summed E-state index contributed by atoms with van der Waals surface area (Å²) < 4.78 is 0.497. The van der Waals surface area contributed by atoms with E-state index in [1.807, 2.05) is 0 Å². The van der Waals surface area contributed by atoms with Crippen LogP contribution in [0.3, 0.4) is 0 Å². The smallest absolute Gasteiger partial charge is 0.283 e. The van der Waals surface area contributed by atoms with Gasteiger partial charge >= 0.3 is 0 Å². The van der Waals surface area contributed by atoms with Crippen LogP contribution in [0.1, 0.15) is 10.4 Å². The van der Waals surface area contributed by atoms with E-state index in [1.165, 1.54) is 12.1 Å². The number of rotatable bonds is 3. The largest absolute Gasteiger partial charge is 0.321 e.